The topological polar surface area (TPSA) is 52.6 Å². The lowest BCUT2D eigenvalue weighted by molar-refractivity contribution is -0.146. The smallest absolute Gasteiger partial charge is 0.335 e. The predicted molar refractivity (Wildman–Crippen MR) is 54.1 cm³/mol. The Labute approximate surface area is 89.2 Å². The van der Waals surface area contributed by atoms with Gasteiger partial charge in [0.25, 0.3) is 0 Å². The summed E-state index contributed by atoms with van der Waals surface area (Å²) in [5.41, 5.74) is -0.748. The van der Waals surface area contributed by atoms with E-state index >= 15 is 0 Å². The number of ether oxygens (including phenoxy) is 2. The van der Waals surface area contributed by atoms with E-state index in [-0.39, 0.29) is 0 Å². The Kier molecular flexibility index (Phi) is 2.63. The summed E-state index contributed by atoms with van der Waals surface area (Å²) in [7, 11) is 1.28. The zero-order valence-electron chi connectivity index (χ0n) is 9.71. The monoisotopic (exact) mass is 212 g/mol. The summed E-state index contributed by atoms with van der Waals surface area (Å²) in [5.74, 6) is -0.983. The molecule has 0 aromatic heterocycles. The zero-order chi connectivity index (χ0) is 11.9. The molecular formula is C11H16O4. The van der Waals surface area contributed by atoms with E-state index in [9.17, 15) is 9.59 Å². The molecule has 1 aliphatic heterocycles. The molecule has 0 atom stereocenters. The van der Waals surface area contributed by atoms with Crippen molar-refractivity contribution in [2.75, 3.05) is 7.11 Å². The SMILES string of the molecule is COC(=O)/C=C1\C(=O)OC(C)(C)C1(C)C. The van der Waals surface area contributed by atoms with E-state index < -0.39 is 23.0 Å². The number of methoxy groups -OCH3 is 1. The molecule has 1 fully saturated rings. The van der Waals surface area contributed by atoms with Gasteiger partial charge < -0.3 is 9.47 Å². The fourth-order valence-electron chi connectivity index (χ4n) is 1.41. The molecule has 4 nitrogen and oxygen atoms in total. The van der Waals surface area contributed by atoms with Crippen molar-refractivity contribution >= 4 is 11.9 Å². The lowest BCUT2D eigenvalue weighted by Crippen LogP contribution is -2.35. The van der Waals surface area contributed by atoms with Crippen LogP contribution in [0.15, 0.2) is 11.6 Å². The minimum Gasteiger partial charge on any atom is -0.466 e. The normalized spacial score (nSPS) is 25.1. The first-order valence-electron chi connectivity index (χ1n) is 4.76. The largest absolute Gasteiger partial charge is 0.466 e. The highest BCUT2D eigenvalue weighted by atomic mass is 16.6. The summed E-state index contributed by atoms with van der Waals surface area (Å²) in [4.78, 5) is 22.7. The fourth-order valence-corrected chi connectivity index (χ4v) is 1.41. The second kappa shape index (κ2) is 3.36. The van der Waals surface area contributed by atoms with Crippen LogP contribution in [0.1, 0.15) is 27.7 Å². The van der Waals surface area contributed by atoms with Gasteiger partial charge in [0, 0.05) is 11.5 Å². The van der Waals surface area contributed by atoms with Crippen molar-refractivity contribution < 1.29 is 19.1 Å². The lowest BCUT2D eigenvalue weighted by atomic mass is 9.74. The molecule has 0 spiro atoms. The van der Waals surface area contributed by atoms with Crippen LogP contribution in [0, 0.1) is 5.41 Å². The van der Waals surface area contributed by atoms with Crippen molar-refractivity contribution in [1.82, 2.24) is 0 Å². The van der Waals surface area contributed by atoms with Crippen molar-refractivity contribution in [2.24, 2.45) is 5.41 Å². The van der Waals surface area contributed by atoms with Crippen LogP contribution < -0.4 is 0 Å². The molecule has 1 rings (SSSR count). The van der Waals surface area contributed by atoms with Gasteiger partial charge in [-0.25, -0.2) is 9.59 Å². The summed E-state index contributed by atoms with van der Waals surface area (Å²) in [5, 5.41) is 0. The van der Waals surface area contributed by atoms with E-state index in [0.29, 0.717) is 5.57 Å². The minimum atomic E-state index is -0.607. The van der Waals surface area contributed by atoms with Gasteiger partial charge in [-0.15, -0.1) is 0 Å². The first-order valence-corrected chi connectivity index (χ1v) is 4.76. The van der Waals surface area contributed by atoms with Crippen molar-refractivity contribution in [3.05, 3.63) is 11.6 Å². The van der Waals surface area contributed by atoms with Crippen LogP contribution in [-0.2, 0) is 19.1 Å². The average molecular weight is 212 g/mol. The van der Waals surface area contributed by atoms with E-state index in [2.05, 4.69) is 4.74 Å². The van der Waals surface area contributed by atoms with Gasteiger partial charge in [0.15, 0.2) is 0 Å². The Morgan fingerprint density at radius 3 is 2.20 bits per heavy atom. The molecule has 0 bridgehead atoms. The summed E-state index contributed by atoms with van der Waals surface area (Å²) in [6.07, 6.45) is 1.21. The molecule has 0 saturated carbocycles. The molecule has 0 aromatic carbocycles. The van der Waals surface area contributed by atoms with E-state index in [4.69, 9.17) is 4.74 Å². The van der Waals surface area contributed by atoms with Gasteiger partial charge in [-0.05, 0) is 13.8 Å². The summed E-state index contributed by atoms with van der Waals surface area (Å²) >= 11 is 0. The van der Waals surface area contributed by atoms with Gasteiger partial charge in [0.1, 0.15) is 5.60 Å². The highest BCUT2D eigenvalue weighted by Gasteiger charge is 2.52. The molecule has 0 N–H and O–H groups in total. The van der Waals surface area contributed by atoms with Crippen LogP contribution in [0.3, 0.4) is 0 Å². The first-order chi connectivity index (χ1) is 6.72. The van der Waals surface area contributed by atoms with Crippen LogP contribution in [0.25, 0.3) is 0 Å². The third-order valence-electron chi connectivity index (χ3n) is 3.21. The van der Waals surface area contributed by atoms with Crippen molar-refractivity contribution in [3.63, 3.8) is 0 Å². The molecule has 0 radical (unpaired) electrons. The number of hydrogen-bond acceptors (Lipinski definition) is 4. The van der Waals surface area contributed by atoms with Gasteiger partial charge in [0.2, 0.25) is 0 Å². The Morgan fingerprint density at radius 1 is 1.33 bits per heavy atom. The summed E-state index contributed by atoms with van der Waals surface area (Å²) in [6.45, 7) is 7.38. The zero-order valence-corrected chi connectivity index (χ0v) is 9.71. The molecular weight excluding hydrogens is 196 g/mol. The van der Waals surface area contributed by atoms with Crippen molar-refractivity contribution in [1.29, 1.82) is 0 Å². The third-order valence-corrected chi connectivity index (χ3v) is 3.21. The molecule has 0 aromatic rings. The number of esters is 2. The Balaban J connectivity index is 3.15. The number of carbonyl (C=O) groups excluding carboxylic acids is 2. The molecule has 15 heavy (non-hydrogen) atoms. The molecule has 84 valence electrons. The van der Waals surface area contributed by atoms with Crippen LogP contribution in [0.4, 0.5) is 0 Å². The Morgan fingerprint density at radius 2 is 1.87 bits per heavy atom. The lowest BCUT2D eigenvalue weighted by Gasteiger charge is -2.31. The molecule has 0 unspecified atom stereocenters. The molecule has 0 amide bonds. The number of hydrogen-bond donors (Lipinski definition) is 0. The summed E-state index contributed by atoms with van der Waals surface area (Å²) in [6, 6.07) is 0. The molecule has 1 heterocycles. The molecule has 0 aliphatic carbocycles. The quantitative estimate of drug-likeness (QED) is 0.487. The Bertz CT molecular complexity index is 336. The Hall–Kier alpha value is -1.32. The molecule has 4 heteroatoms. The van der Waals surface area contributed by atoms with Gasteiger partial charge in [-0.1, -0.05) is 13.8 Å². The average Bonchev–Trinajstić information content (AvgIpc) is 2.24. The first kappa shape index (κ1) is 11.8. The number of carbonyl (C=O) groups is 2. The molecule has 1 aliphatic rings. The number of rotatable bonds is 1. The minimum absolute atomic E-state index is 0.361. The van der Waals surface area contributed by atoms with E-state index in [1.54, 1.807) is 0 Å². The highest BCUT2D eigenvalue weighted by Crippen LogP contribution is 2.46. The van der Waals surface area contributed by atoms with Gasteiger partial charge in [0.05, 0.1) is 12.7 Å². The van der Waals surface area contributed by atoms with Gasteiger partial charge >= 0.3 is 11.9 Å². The highest BCUT2D eigenvalue weighted by molar-refractivity contribution is 5.99. The van der Waals surface area contributed by atoms with Crippen molar-refractivity contribution in [2.45, 2.75) is 33.3 Å². The predicted octanol–water partition coefficient (Wildman–Crippen LogP) is 1.45. The number of cyclic esters (lactones) is 1. The van der Waals surface area contributed by atoms with E-state index in [0.717, 1.165) is 0 Å². The fraction of sp³-hybridized carbons (Fsp3) is 0.636. The van der Waals surface area contributed by atoms with Crippen LogP contribution >= 0.6 is 0 Å². The standard InChI is InChI=1S/C11H16O4/c1-10(2)7(6-8(12)14-5)9(13)15-11(10,3)4/h6H,1-5H3/b7-6+. The van der Waals surface area contributed by atoms with Crippen LogP contribution in [0.2, 0.25) is 0 Å². The van der Waals surface area contributed by atoms with E-state index in [1.807, 2.05) is 27.7 Å². The summed E-state index contributed by atoms with van der Waals surface area (Å²) < 4.78 is 9.71. The third kappa shape index (κ3) is 1.76. The van der Waals surface area contributed by atoms with Crippen LogP contribution in [-0.4, -0.2) is 24.6 Å². The maximum Gasteiger partial charge on any atom is 0.335 e. The maximum atomic E-state index is 11.6. The maximum absolute atomic E-state index is 11.6. The van der Waals surface area contributed by atoms with Gasteiger partial charge in [-0.2, -0.15) is 0 Å². The van der Waals surface area contributed by atoms with E-state index in [1.165, 1.54) is 13.2 Å². The van der Waals surface area contributed by atoms with Crippen LogP contribution in [0.5, 0.6) is 0 Å². The van der Waals surface area contributed by atoms with Crippen molar-refractivity contribution in [3.8, 4) is 0 Å². The second-order valence-corrected chi connectivity index (χ2v) is 4.61. The second-order valence-electron chi connectivity index (χ2n) is 4.61. The molecule has 1 saturated heterocycles. The van der Waals surface area contributed by atoms with Gasteiger partial charge in [-0.3, -0.25) is 0 Å².